The zero-order valence-electron chi connectivity index (χ0n) is 11.2. The van der Waals surface area contributed by atoms with Gasteiger partial charge < -0.3 is 4.57 Å². The van der Waals surface area contributed by atoms with Crippen molar-refractivity contribution in [2.75, 3.05) is 7.05 Å². The Balaban J connectivity index is 2.67. The lowest BCUT2D eigenvalue weighted by atomic mass is 9.82. The van der Waals surface area contributed by atoms with Crippen LogP contribution in [0.25, 0.3) is 10.2 Å². The monoisotopic (exact) mass is 248 g/mol. The Morgan fingerprint density at radius 1 is 1.35 bits per heavy atom. The van der Waals surface area contributed by atoms with E-state index in [1.807, 2.05) is 7.05 Å². The van der Waals surface area contributed by atoms with Crippen molar-refractivity contribution in [3.05, 3.63) is 28.6 Å². The fraction of sp³-hybridized carbons (Fsp3) is 0.500. The molecule has 0 aliphatic heterocycles. The number of aryl methyl sites for hydroxylation is 1. The Labute approximate surface area is 107 Å². The molecule has 3 heteroatoms. The first-order valence-electron chi connectivity index (χ1n) is 6.02. The van der Waals surface area contributed by atoms with Gasteiger partial charge in [0.2, 0.25) is 0 Å². The van der Waals surface area contributed by atoms with Gasteiger partial charge in [-0.3, -0.25) is 4.99 Å². The van der Waals surface area contributed by atoms with Crippen LogP contribution in [0.4, 0.5) is 0 Å². The Kier molecular flexibility index (Phi) is 3.13. The van der Waals surface area contributed by atoms with Crippen LogP contribution in [-0.2, 0) is 12.5 Å². The van der Waals surface area contributed by atoms with Crippen LogP contribution in [0.2, 0.25) is 0 Å². The normalized spacial score (nSPS) is 13.6. The highest BCUT2D eigenvalue weighted by atomic mass is 32.1. The molecule has 2 rings (SSSR count). The largest absolute Gasteiger partial charge is 0.320 e. The number of aromatic nitrogens is 1. The first-order valence-corrected chi connectivity index (χ1v) is 6.84. The quantitative estimate of drug-likeness (QED) is 0.774. The molecule has 0 saturated heterocycles. The minimum atomic E-state index is 0.250. The fourth-order valence-electron chi connectivity index (χ4n) is 1.96. The molecular weight excluding hydrogens is 228 g/mol. The van der Waals surface area contributed by atoms with Crippen molar-refractivity contribution in [1.29, 1.82) is 0 Å². The molecule has 17 heavy (non-hydrogen) atoms. The molecule has 0 aliphatic carbocycles. The molecule has 1 aromatic heterocycles. The lowest BCUT2D eigenvalue weighted by Gasteiger charge is -2.23. The zero-order chi connectivity index (χ0) is 12.6. The molecule has 2 nitrogen and oxygen atoms in total. The minimum absolute atomic E-state index is 0.250. The third kappa shape index (κ3) is 2.04. The van der Waals surface area contributed by atoms with E-state index in [2.05, 4.69) is 55.6 Å². The van der Waals surface area contributed by atoms with Gasteiger partial charge in [-0.2, -0.15) is 0 Å². The molecule has 0 unspecified atom stereocenters. The van der Waals surface area contributed by atoms with Crippen LogP contribution in [0.3, 0.4) is 0 Å². The fourth-order valence-corrected chi connectivity index (χ4v) is 2.98. The third-order valence-corrected chi connectivity index (χ3v) is 4.85. The van der Waals surface area contributed by atoms with Gasteiger partial charge in [-0.15, -0.1) is 0 Å². The SMILES string of the molecule is CCC(C)(C)c1ccc2c(c1)s/c(=N\C)n2C. The molecule has 0 N–H and O–H groups in total. The van der Waals surface area contributed by atoms with Gasteiger partial charge >= 0.3 is 0 Å². The van der Waals surface area contributed by atoms with Gasteiger partial charge in [0, 0.05) is 14.1 Å². The topological polar surface area (TPSA) is 17.3 Å². The minimum Gasteiger partial charge on any atom is -0.320 e. The molecule has 0 amide bonds. The molecule has 92 valence electrons. The Bertz CT molecular complexity index is 602. The smallest absolute Gasteiger partial charge is 0.185 e. The van der Waals surface area contributed by atoms with Crippen LogP contribution in [-0.4, -0.2) is 11.6 Å². The third-order valence-electron chi connectivity index (χ3n) is 3.67. The van der Waals surface area contributed by atoms with E-state index in [9.17, 15) is 0 Å². The molecule has 2 aromatic rings. The summed E-state index contributed by atoms with van der Waals surface area (Å²) in [5.74, 6) is 0. The molecule has 0 radical (unpaired) electrons. The van der Waals surface area contributed by atoms with Gasteiger partial charge in [-0.05, 0) is 29.5 Å². The second-order valence-electron chi connectivity index (χ2n) is 5.09. The Morgan fingerprint density at radius 2 is 2.06 bits per heavy atom. The first-order chi connectivity index (χ1) is 7.99. The molecular formula is C14H20N2S. The number of hydrogen-bond acceptors (Lipinski definition) is 2. The van der Waals surface area contributed by atoms with E-state index in [1.54, 1.807) is 11.3 Å². The van der Waals surface area contributed by atoms with Crippen LogP contribution < -0.4 is 4.80 Å². The zero-order valence-corrected chi connectivity index (χ0v) is 12.1. The van der Waals surface area contributed by atoms with Gasteiger partial charge in [-0.25, -0.2) is 0 Å². The van der Waals surface area contributed by atoms with Crippen LogP contribution >= 0.6 is 11.3 Å². The maximum absolute atomic E-state index is 4.30. The van der Waals surface area contributed by atoms with Crippen molar-refractivity contribution in [2.24, 2.45) is 12.0 Å². The maximum atomic E-state index is 4.30. The standard InChI is InChI=1S/C14H20N2S/c1-6-14(2,3)10-7-8-11-12(9-10)17-13(15-4)16(11)5/h7-9H,6H2,1-5H3/b15-13-. The molecule has 0 atom stereocenters. The van der Waals surface area contributed by atoms with Gasteiger partial charge in [0.25, 0.3) is 0 Å². The molecule has 1 heterocycles. The predicted molar refractivity (Wildman–Crippen MR) is 75.6 cm³/mol. The van der Waals surface area contributed by atoms with E-state index in [4.69, 9.17) is 0 Å². The van der Waals surface area contributed by atoms with Crippen molar-refractivity contribution in [3.8, 4) is 0 Å². The summed E-state index contributed by atoms with van der Waals surface area (Å²) in [5, 5.41) is 0. The summed E-state index contributed by atoms with van der Waals surface area (Å²) in [6.07, 6.45) is 1.15. The van der Waals surface area contributed by atoms with Crippen LogP contribution in [0.1, 0.15) is 32.8 Å². The van der Waals surface area contributed by atoms with Crippen LogP contribution in [0.15, 0.2) is 23.2 Å². The van der Waals surface area contributed by atoms with E-state index in [1.165, 1.54) is 15.8 Å². The highest BCUT2D eigenvalue weighted by Crippen LogP contribution is 2.30. The van der Waals surface area contributed by atoms with Crippen molar-refractivity contribution in [1.82, 2.24) is 4.57 Å². The number of thiazole rings is 1. The Hall–Kier alpha value is -1.09. The highest BCUT2D eigenvalue weighted by Gasteiger charge is 2.18. The van der Waals surface area contributed by atoms with E-state index >= 15 is 0 Å². The molecule has 0 aliphatic rings. The number of fused-ring (bicyclic) bond motifs is 1. The van der Waals surface area contributed by atoms with Gasteiger partial charge in [0.1, 0.15) is 0 Å². The Morgan fingerprint density at radius 3 is 2.65 bits per heavy atom. The van der Waals surface area contributed by atoms with Gasteiger partial charge in [0.15, 0.2) is 4.80 Å². The summed E-state index contributed by atoms with van der Waals surface area (Å²) in [4.78, 5) is 5.38. The summed E-state index contributed by atoms with van der Waals surface area (Å²) >= 11 is 1.76. The predicted octanol–water partition coefficient (Wildman–Crippen LogP) is 3.46. The maximum Gasteiger partial charge on any atom is 0.185 e. The molecule has 1 aromatic carbocycles. The molecule has 0 spiro atoms. The summed E-state index contributed by atoms with van der Waals surface area (Å²) in [6.45, 7) is 6.84. The van der Waals surface area contributed by atoms with Gasteiger partial charge in [-0.1, -0.05) is 38.2 Å². The summed E-state index contributed by atoms with van der Waals surface area (Å²) in [7, 11) is 3.92. The van der Waals surface area contributed by atoms with Crippen molar-refractivity contribution < 1.29 is 0 Å². The van der Waals surface area contributed by atoms with Gasteiger partial charge in [0.05, 0.1) is 10.2 Å². The summed E-state index contributed by atoms with van der Waals surface area (Å²) in [5.41, 5.74) is 2.93. The second kappa shape index (κ2) is 4.30. The average molecular weight is 248 g/mol. The van der Waals surface area contributed by atoms with Crippen molar-refractivity contribution in [2.45, 2.75) is 32.6 Å². The van der Waals surface area contributed by atoms with Crippen LogP contribution in [0, 0.1) is 0 Å². The molecule has 0 bridgehead atoms. The molecule has 0 saturated carbocycles. The number of nitrogens with zero attached hydrogens (tertiary/aromatic N) is 2. The van der Waals surface area contributed by atoms with Crippen LogP contribution in [0.5, 0.6) is 0 Å². The summed E-state index contributed by atoms with van der Waals surface area (Å²) in [6, 6.07) is 6.78. The highest BCUT2D eigenvalue weighted by molar-refractivity contribution is 7.16. The summed E-state index contributed by atoms with van der Waals surface area (Å²) < 4.78 is 3.48. The van der Waals surface area contributed by atoms with E-state index in [0.717, 1.165) is 11.2 Å². The number of benzene rings is 1. The first kappa shape index (κ1) is 12.4. The van der Waals surface area contributed by atoms with E-state index in [-0.39, 0.29) is 5.41 Å². The lowest BCUT2D eigenvalue weighted by molar-refractivity contribution is 0.507. The van der Waals surface area contributed by atoms with E-state index < -0.39 is 0 Å². The lowest BCUT2D eigenvalue weighted by Crippen LogP contribution is -2.15. The second-order valence-corrected chi connectivity index (χ2v) is 6.10. The number of rotatable bonds is 2. The molecule has 0 fully saturated rings. The average Bonchev–Trinajstić information content (AvgIpc) is 2.65. The van der Waals surface area contributed by atoms with Crippen molar-refractivity contribution >= 4 is 21.6 Å². The number of hydrogen-bond donors (Lipinski definition) is 0. The van der Waals surface area contributed by atoms with Crippen molar-refractivity contribution in [3.63, 3.8) is 0 Å². The van der Waals surface area contributed by atoms with E-state index in [0.29, 0.717) is 0 Å².